The van der Waals surface area contributed by atoms with Crippen molar-refractivity contribution < 1.29 is 59.9 Å². The van der Waals surface area contributed by atoms with Gasteiger partial charge in [0.25, 0.3) is 0 Å². The van der Waals surface area contributed by atoms with Gasteiger partial charge in [0.15, 0.2) is 6.29 Å². The van der Waals surface area contributed by atoms with Gasteiger partial charge in [0.05, 0.1) is 49.7 Å². The summed E-state index contributed by atoms with van der Waals surface area (Å²) in [6, 6.07) is -0.556. The van der Waals surface area contributed by atoms with Crippen LogP contribution in [0.25, 0.3) is 0 Å². The Kier molecular flexibility index (Phi) is 12.9. The molecule has 10 rings (SSSR count). The number of aliphatic hydroxyl groups excluding tert-OH is 7. The lowest BCUT2D eigenvalue weighted by Gasteiger charge is -2.77. The minimum Gasteiger partial charge on any atom is -0.481 e. The van der Waals surface area contributed by atoms with Crippen LogP contribution in [0.15, 0.2) is 24.2 Å². The number of imidazole rings is 1. The maximum atomic E-state index is 14.4. The van der Waals surface area contributed by atoms with Gasteiger partial charge in [0, 0.05) is 60.0 Å². The Bertz CT molecular complexity index is 2200. The van der Waals surface area contributed by atoms with Gasteiger partial charge in [-0.05, 0) is 129 Å². The Morgan fingerprint density at radius 3 is 2.48 bits per heavy atom. The van der Waals surface area contributed by atoms with Crippen LogP contribution in [-0.2, 0) is 19.1 Å². The zero-order chi connectivity index (χ0) is 49.1. The molecule has 16 heteroatoms. The number of hydrogen-bond donors (Lipinski definition) is 11. The maximum Gasteiger partial charge on any atom is 0.310 e. The summed E-state index contributed by atoms with van der Waals surface area (Å²) in [6.45, 7) is 5.57. The van der Waals surface area contributed by atoms with Crippen LogP contribution in [0.4, 0.5) is 0 Å². The minimum absolute atomic E-state index is 0.0177. The molecule has 5 saturated carbocycles. The van der Waals surface area contributed by atoms with E-state index in [1.54, 1.807) is 12.5 Å². The summed E-state index contributed by atoms with van der Waals surface area (Å²) in [5, 5.41) is 95.2. The summed E-state index contributed by atoms with van der Waals surface area (Å²) in [5.41, 5.74) is 4.08. The number of amides is 1. The average Bonchev–Trinajstić information content (AvgIpc) is 3.99. The van der Waals surface area contributed by atoms with Gasteiger partial charge in [-0.1, -0.05) is 44.8 Å². The van der Waals surface area contributed by atoms with E-state index in [9.17, 15) is 50.4 Å². The minimum atomic E-state index is -1.67. The zero-order valence-electron chi connectivity index (χ0n) is 40.6. The molecule has 22 unspecified atom stereocenters. The molecule has 16 nitrogen and oxygen atoms in total. The highest BCUT2D eigenvalue weighted by molar-refractivity contribution is 5.82. The van der Waals surface area contributed by atoms with Crippen molar-refractivity contribution in [3.05, 3.63) is 29.9 Å². The van der Waals surface area contributed by atoms with Gasteiger partial charge in [0.2, 0.25) is 5.91 Å². The lowest BCUT2D eigenvalue weighted by molar-refractivity contribution is -0.348. The molecule has 382 valence electrons. The molecular formula is C53H78N4O12. The molecule has 12 N–H and O–H groups in total. The van der Waals surface area contributed by atoms with Crippen LogP contribution in [-0.4, -0.2) is 139 Å². The number of hydrogen-bond acceptors (Lipinski definition) is 13. The van der Waals surface area contributed by atoms with Crippen LogP contribution in [0.1, 0.15) is 122 Å². The molecule has 0 aromatic carbocycles. The van der Waals surface area contributed by atoms with Crippen molar-refractivity contribution in [2.24, 2.45) is 85.6 Å². The average molecular weight is 963 g/mol. The summed E-state index contributed by atoms with van der Waals surface area (Å²) in [4.78, 5) is 35.8. The topological polar surface area (TPSA) is 281 Å². The van der Waals surface area contributed by atoms with Gasteiger partial charge in [-0.15, -0.1) is 5.92 Å². The zero-order valence-corrected chi connectivity index (χ0v) is 40.6. The molecule has 22 atom stereocenters. The first-order chi connectivity index (χ1) is 33.0. The molecule has 0 radical (unpaired) electrons. The SMILES string of the molecule is CC1(CO)CCC2(C(=O)O)CCC34CCC#CC(C5C(CO)C(=O)NC5C(CCCN)c5cnc[nH]5)C5C(O)C(OC6OCC(O)C(O)C6O)C(C)(CO)C6CCC37CCCC(C=C4C2C1)C7C56C. The van der Waals surface area contributed by atoms with Crippen LogP contribution in [0.2, 0.25) is 0 Å². The number of aromatic nitrogens is 2. The van der Waals surface area contributed by atoms with Crippen LogP contribution in [0, 0.1) is 91.7 Å². The van der Waals surface area contributed by atoms with Crippen LogP contribution in [0.5, 0.6) is 0 Å². The molecule has 1 spiro atoms. The number of allylic oxidation sites excluding steroid dienone is 2. The third-order valence-electron chi connectivity index (χ3n) is 21.6. The van der Waals surface area contributed by atoms with Gasteiger partial charge in [-0.25, -0.2) is 4.98 Å². The van der Waals surface area contributed by atoms with Gasteiger partial charge in [-0.2, -0.15) is 0 Å². The van der Waals surface area contributed by atoms with Crippen molar-refractivity contribution in [1.82, 2.24) is 15.3 Å². The van der Waals surface area contributed by atoms with Crippen molar-refractivity contribution in [2.75, 3.05) is 33.0 Å². The van der Waals surface area contributed by atoms with E-state index in [4.69, 9.17) is 15.2 Å². The molecule has 69 heavy (non-hydrogen) atoms. The summed E-state index contributed by atoms with van der Waals surface area (Å²) < 4.78 is 12.7. The fourth-order valence-electron chi connectivity index (χ4n) is 18.6. The van der Waals surface area contributed by atoms with E-state index in [2.05, 4.69) is 47.0 Å². The number of H-pyrrole nitrogens is 1. The van der Waals surface area contributed by atoms with Gasteiger partial charge >= 0.3 is 5.97 Å². The van der Waals surface area contributed by atoms with E-state index in [0.29, 0.717) is 70.8 Å². The Balaban J connectivity index is 1.20. The molecule has 1 aromatic rings. The smallest absolute Gasteiger partial charge is 0.310 e. The van der Waals surface area contributed by atoms with Gasteiger partial charge in [0.1, 0.15) is 18.3 Å². The van der Waals surface area contributed by atoms with Gasteiger partial charge in [-0.3, -0.25) is 9.59 Å². The van der Waals surface area contributed by atoms with Gasteiger partial charge < -0.3 is 66.4 Å². The van der Waals surface area contributed by atoms with Crippen LogP contribution < -0.4 is 11.1 Å². The molecular weight excluding hydrogens is 885 g/mol. The molecule has 2 saturated heterocycles. The van der Waals surface area contributed by atoms with E-state index in [1.165, 1.54) is 5.57 Å². The number of carbonyl (C=O) groups excluding carboxylic acids is 1. The monoisotopic (exact) mass is 963 g/mol. The molecule has 2 aliphatic heterocycles. The Hall–Kier alpha value is -2.95. The molecule has 5 bridgehead atoms. The number of aliphatic hydroxyl groups is 7. The maximum absolute atomic E-state index is 14.4. The van der Waals surface area contributed by atoms with Crippen molar-refractivity contribution in [1.29, 1.82) is 0 Å². The molecule has 7 fully saturated rings. The summed E-state index contributed by atoms with van der Waals surface area (Å²) in [6.07, 6.45) is 6.77. The highest BCUT2D eigenvalue weighted by Crippen LogP contribution is 2.81. The number of fused-ring (bicyclic) bond motifs is 2. The lowest BCUT2D eigenvalue weighted by Crippen LogP contribution is -2.75. The second-order valence-corrected chi connectivity index (χ2v) is 24.3. The number of ether oxygens (including phenoxy) is 2. The first-order valence-electron chi connectivity index (χ1n) is 26.2. The van der Waals surface area contributed by atoms with E-state index in [1.807, 2.05) is 6.92 Å². The number of aliphatic carboxylic acids is 1. The number of aromatic amines is 1. The van der Waals surface area contributed by atoms with E-state index in [-0.39, 0.29) is 54.1 Å². The fraction of sp³-hybridized carbons (Fsp3) is 0.830. The van der Waals surface area contributed by atoms with Crippen molar-refractivity contribution in [3.8, 4) is 11.8 Å². The van der Waals surface area contributed by atoms with Crippen molar-refractivity contribution in [2.45, 2.75) is 159 Å². The lowest BCUT2D eigenvalue weighted by atomic mass is 9.27. The largest absolute Gasteiger partial charge is 0.481 e. The van der Waals surface area contributed by atoms with Crippen molar-refractivity contribution in [3.63, 3.8) is 0 Å². The number of carboxylic acids is 1. The van der Waals surface area contributed by atoms with E-state index in [0.717, 1.165) is 31.4 Å². The fourth-order valence-corrected chi connectivity index (χ4v) is 18.6. The summed E-state index contributed by atoms with van der Waals surface area (Å²) >= 11 is 0. The Morgan fingerprint density at radius 1 is 1.00 bits per heavy atom. The predicted molar refractivity (Wildman–Crippen MR) is 250 cm³/mol. The molecule has 9 aliphatic rings. The molecule has 3 heterocycles. The molecule has 1 amide bonds. The summed E-state index contributed by atoms with van der Waals surface area (Å²) in [7, 11) is 0. The second-order valence-electron chi connectivity index (χ2n) is 24.3. The first-order valence-corrected chi connectivity index (χ1v) is 26.2. The molecule has 1 aromatic heterocycles. The first kappa shape index (κ1) is 49.6. The number of nitrogens with zero attached hydrogens (tertiary/aromatic N) is 1. The van der Waals surface area contributed by atoms with E-state index < -0.39 is 113 Å². The number of rotatable bonds is 12. The highest BCUT2D eigenvalue weighted by Gasteiger charge is 2.78. The van der Waals surface area contributed by atoms with Crippen LogP contribution >= 0.6 is 0 Å². The van der Waals surface area contributed by atoms with Crippen LogP contribution in [0.3, 0.4) is 0 Å². The number of carboxylic acid groups (broad SMARTS) is 1. The third kappa shape index (κ3) is 7.01. The number of nitrogens with one attached hydrogen (secondary N) is 2. The second kappa shape index (κ2) is 17.9. The molecule has 7 aliphatic carbocycles. The third-order valence-corrected chi connectivity index (χ3v) is 21.6. The number of carbonyl (C=O) groups is 2. The Labute approximate surface area is 405 Å². The number of nitrogens with two attached hydrogens (primary N) is 1. The predicted octanol–water partition coefficient (Wildman–Crippen LogP) is 2.59. The standard InChI is InChI=1S/C53H78N4O12/c1-48(25-59)15-16-51(47(66)67)17-18-52-12-5-4-9-30(37-31(23-58)45(65)57-39(37)29(10-7-19-54)34-22-55-27-56-34)38-41(63)44(69-46-42(64)40(62)35(61)24-68-46)49(2,26-60)36-11-14-53(52)13-6-8-28(43(53)50(36,38)3)20-32(52)33(51)21-48/h20,22,27-31,33,35-44,46,58-64H,5-8,10-19,21,23-26,54H2,1-3H3,(H,55,56)(H,57,65)(H,66,67). The van der Waals surface area contributed by atoms with E-state index >= 15 is 0 Å². The quantitative estimate of drug-likeness (QED) is 0.0817. The summed E-state index contributed by atoms with van der Waals surface area (Å²) in [5.74, 6) is 2.40. The van der Waals surface area contributed by atoms with Crippen molar-refractivity contribution >= 4 is 11.9 Å². The highest BCUT2D eigenvalue weighted by atomic mass is 16.7. The normalized spacial score (nSPS) is 50.3. The Morgan fingerprint density at radius 2 is 1.78 bits per heavy atom.